The van der Waals surface area contributed by atoms with E-state index in [1.807, 2.05) is 25.1 Å². The van der Waals surface area contributed by atoms with Crippen LogP contribution in [0, 0.1) is 11.3 Å². The average molecular weight is 468 g/mol. The Bertz CT molecular complexity index is 1200. The van der Waals surface area contributed by atoms with Crippen LogP contribution in [-0.4, -0.2) is 13.4 Å². The van der Waals surface area contributed by atoms with Crippen molar-refractivity contribution in [3.8, 4) is 29.1 Å². The lowest BCUT2D eigenvalue weighted by molar-refractivity contribution is 0.174. The second-order valence-electron chi connectivity index (χ2n) is 6.92. The van der Waals surface area contributed by atoms with E-state index in [1.54, 1.807) is 42.5 Å². The number of hydrogen-bond donors (Lipinski definition) is 0. The van der Waals surface area contributed by atoms with Crippen molar-refractivity contribution in [2.75, 3.05) is 13.4 Å². The van der Waals surface area contributed by atoms with Gasteiger partial charge in [-0.25, -0.2) is 0 Å². The third kappa shape index (κ3) is 4.94. The molecule has 0 radical (unpaired) electrons. The number of halogens is 2. The molecule has 162 valence electrons. The lowest BCUT2D eigenvalue weighted by Gasteiger charge is -2.15. The summed E-state index contributed by atoms with van der Waals surface area (Å²) in [6.07, 6.45) is 1.74. The fourth-order valence-corrected chi connectivity index (χ4v) is 3.62. The molecule has 0 amide bonds. The van der Waals surface area contributed by atoms with Crippen molar-refractivity contribution in [3.05, 3.63) is 81.3 Å². The fraction of sp³-hybridized carbons (Fsp3) is 0.160. The highest BCUT2D eigenvalue weighted by Gasteiger charge is 2.16. The first kappa shape index (κ1) is 21.9. The van der Waals surface area contributed by atoms with E-state index in [1.165, 1.54) is 0 Å². The number of fused-ring (bicyclic) bond motifs is 1. The molecule has 0 unspecified atom stereocenters. The van der Waals surface area contributed by atoms with Crippen LogP contribution in [0.2, 0.25) is 10.0 Å². The molecule has 3 aromatic rings. The van der Waals surface area contributed by atoms with Crippen molar-refractivity contribution in [2.24, 2.45) is 0 Å². The van der Waals surface area contributed by atoms with Gasteiger partial charge in [0.25, 0.3) is 0 Å². The number of ether oxygens (including phenoxy) is 4. The predicted molar refractivity (Wildman–Crippen MR) is 124 cm³/mol. The summed E-state index contributed by atoms with van der Waals surface area (Å²) in [7, 11) is 0. The molecule has 0 aliphatic carbocycles. The minimum Gasteiger partial charge on any atom is -0.490 e. The Labute approximate surface area is 196 Å². The van der Waals surface area contributed by atoms with Crippen LogP contribution in [0.15, 0.2) is 54.6 Å². The molecular formula is C25H19Cl2NO4. The number of allylic oxidation sites excluding steroid dienone is 1. The predicted octanol–water partition coefficient (Wildman–Crippen LogP) is 6.76. The maximum atomic E-state index is 9.73. The molecule has 1 heterocycles. The van der Waals surface area contributed by atoms with Crippen molar-refractivity contribution >= 4 is 34.9 Å². The second kappa shape index (κ2) is 9.86. The molecule has 0 bridgehead atoms. The molecule has 5 nitrogen and oxygen atoms in total. The average Bonchev–Trinajstić information content (AvgIpc) is 3.26. The quantitative estimate of drug-likeness (QED) is 0.283. The van der Waals surface area contributed by atoms with E-state index in [0.29, 0.717) is 63.0 Å². The standard InChI is InChI=1S/C25H19Cl2NO4/c1-2-29-24-11-17(9-19(13-28)18-5-8-22-23(12-18)32-15-31-22)10-21(27)25(24)30-14-16-3-6-20(26)7-4-16/h3-12H,2,14-15H2,1H3/b19-9-. The van der Waals surface area contributed by atoms with Gasteiger partial charge in [0.2, 0.25) is 6.79 Å². The fourth-order valence-electron chi connectivity index (χ4n) is 3.22. The summed E-state index contributed by atoms with van der Waals surface area (Å²) in [6, 6.07) is 18.5. The van der Waals surface area contributed by atoms with Crippen LogP contribution in [-0.2, 0) is 6.61 Å². The Balaban J connectivity index is 1.62. The molecule has 3 aromatic carbocycles. The molecular weight excluding hydrogens is 449 g/mol. The number of nitriles is 1. The van der Waals surface area contributed by atoms with Crippen molar-refractivity contribution < 1.29 is 18.9 Å². The van der Waals surface area contributed by atoms with E-state index in [9.17, 15) is 5.26 Å². The zero-order valence-electron chi connectivity index (χ0n) is 17.2. The van der Waals surface area contributed by atoms with Gasteiger partial charge in [-0.3, -0.25) is 0 Å². The molecule has 0 atom stereocenters. The first-order chi connectivity index (χ1) is 15.6. The number of nitrogens with zero attached hydrogens (tertiary/aromatic N) is 1. The van der Waals surface area contributed by atoms with Crippen LogP contribution in [0.3, 0.4) is 0 Å². The van der Waals surface area contributed by atoms with Gasteiger partial charge < -0.3 is 18.9 Å². The van der Waals surface area contributed by atoms with Crippen molar-refractivity contribution in [2.45, 2.75) is 13.5 Å². The first-order valence-corrected chi connectivity index (χ1v) is 10.7. The summed E-state index contributed by atoms with van der Waals surface area (Å²) in [5.74, 6) is 2.22. The highest BCUT2D eigenvalue weighted by atomic mass is 35.5. The van der Waals surface area contributed by atoms with Gasteiger partial charge in [-0.2, -0.15) is 5.26 Å². The van der Waals surface area contributed by atoms with Gasteiger partial charge >= 0.3 is 0 Å². The van der Waals surface area contributed by atoms with Gasteiger partial charge in [0.15, 0.2) is 23.0 Å². The molecule has 0 N–H and O–H groups in total. The summed E-state index contributed by atoms with van der Waals surface area (Å²) >= 11 is 12.5. The van der Waals surface area contributed by atoms with E-state index in [-0.39, 0.29) is 6.79 Å². The Morgan fingerprint density at radius 1 is 1.03 bits per heavy atom. The summed E-state index contributed by atoms with van der Waals surface area (Å²) < 4.78 is 22.5. The Kier molecular flexibility index (Phi) is 6.75. The zero-order valence-corrected chi connectivity index (χ0v) is 18.7. The molecule has 0 fully saturated rings. The Morgan fingerprint density at radius 2 is 1.81 bits per heavy atom. The van der Waals surface area contributed by atoms with Crippen LogP contribution in [0.5, 0.6) is 23.0 Å². The minimum absolute atomic E-state index is 0.176. The molecule has 1 aliphatic heterocycles. The van der Waals surface area contributed by atoms with Crippen molar-refractivity contribution in [1.82, 2.24) is 0 Å². The second-order valence-corrected chi connectivity index (χ2v) is 7.76. The summed E-state index contributed by atoms with van der Waals surface area (Å²) in [4.78, 5) is 0. The molecule has 0 saturated heterocycles. The van der Waals surface area contributed by atoms with Gasteiger partial charge in [-0.1, -0.05) is 35.3 Å². The van der Waals surface area contributed by atoms with Gasteiger partial charge in [0.1, 0.15) is 6.61 Å². The maximum absolute atomic E-state index is 9.73. The lowest BCUT2D eigenvalue weighted by Crippen LogP contribution is -2.01. The summed E-state index contributed by atoms with van der Waals surface area (Å²) in [6.45, 7) is 2.81. The largest absolute Gasteiger partial charge is 0.490 e. The molecule has 0 aromatic heterocycles. The third-order valence-corrected chi connectivity index (χ3v) is 5.28. The van der Waals surface area contributed by atoms with E-state index in [0.717, 1.165) is 5.56 Å². The summed E-state index contributed by atoms with van der Waals surface area (Å²) in [5, 5.41) is 10.8. The molecule has 32 heavy (non-hydrogen) atoms. The summed E-state index contributed by atoms with van der Waals surface area (Å²) in [5.41, 5.74) is 2.84. The third-order valence-electron chi connectivity index (χ3n) is 4.74. The van der Waals surface area contributed by atoms with Crippen LogP contribution in [0.1, 0.15) is 23.6 Å². The number of benzene rings is 3. The SMILES string of the molecule is CCOc1cc(/C=C(/C#N)c2ccc3c(c2)OCO3)cc(Cl)c1OCc1ccc(Cl)cc1. The highest BCUT2D eigenvalue weighted by molar-refractivity contribution is 6.32. The van der Waals surface area contributed by atoms with Crippen LogP contribution in [0.4, 0.5) is 0 Å². The lowest BCUT2D eigenvalue weighted by atomic mass is 10.0. The van der Waals surface area contributed by atoms with E-state index in [2.05, 4.69) is 6.07 Å². The molecule has 4 rings (SSSR count). The normalized spacial score (nSPS) is 12.4. The molecule has 0 spiro atoms. The van der Waals surface area contributed by atoms with Gasteiger partial charge in [-0.05, 0) is 72.2 Å². The van der Waals surface area contributed by atoms with Crippen molar-refractivity contribution in [3.63, 3.8) is 0 Å². The zero-order chi connectivity index (χ0) is 22.5. The van der Waals surface area contributed by atoms with E-state index < -0.39 is 0 Å². The van der Waals surface area contributed by atoms with Crippen molar-refractivity contribution in [1.29, 1.82) is 5.26 Å². The Morgan fingerprint density at radius 3 is 2.56 bits per heavy atom. The maximum Gasteiger partial charge on any atom is 0.231 e. The van der Waals surface area contributed by atoms with Gasteiger partial charge in [0.05, 0.1) is 23.3 Å². The van der Waals surface area contributed by atoms with Crippen LogP contribution in [0.25, 0.3) is 11.6 Å². The van der Waals surface area contributed by atoms with Gasteiger partial charge in [-0.15, -0.1) is 0 Å². The monoisotopic (exact) mass is 467 g/mol. The highest BCUT2D eigenvalue weighted by Crippen LogP contribution is 2.39. The smallest absolute Gasteiger partial charge is 0.231 e. The number of hydrogen-bond acceptors (Lipinski definition) is 5. The topological polar surface area (TPSA) is 60.7 Å². The van der Waals surface area contributed by atoms with Crippen LogP contribution < -0.4 is 18.9 Å². The van der Waals surface area contributed by atoms with E-state index in [4.69, 9.17) is 42.1 Å². The van der Waals surface area contributed by atoms with Crippen LogP contribution >= 0.6 is 23.2 Å². The first-order valence-electron chi connectivity index (χ1n) is 9.92. The molecule has 7 heteroatoms. The number of rotatable bonds is 7. The van der Waals surface area contributed by atoms with E-state index >= 15 is 0 Å². The molecule has 0 saturated carbocycles. The van der Waals surface area contributed by atoms with Gasteiger partial charge in [0, 0.05) is 5.02 Å². The molecule has 1 aliphatic rings. The minimum atomic E-state index is 0.176. The Hall–Kier alpha value is -3.33.